The quantitative estimate of drug-likeness (QED) is 0.761. The first-order chi connectivity index (χ1) is 8.92. The van der Waals surface area contributed by atoms with E-state index in [4.69, 9.17) is 5.11 Å². The van der Waals surface area contributed by atoms with Crippen molar-refractivity contribution in [1.29, 1.82) is 0 Å². The van der Waals surface area contributed by atoms with Crippen molar-refractivity contribution in [2.24, 2.45) is 0 Å². The maximum Gasteiger partial charge on any atom is 0.347 e. The van der Waals surface area contributed by atoms with Gasteiger partial charge in [0.15, 0.2) is 0 Å². The number of nitrogens with one attached hydrogen (secondary N) is 2. The number of hydrogen-bond donors (Lipinski definition) is 3. The number of sulfonamides is 1. The number of hydrogen-bond acceptors (Lipinski definition) is 5. The third kappa shape index (κ3) is 2.83. The molecule has 9 heteroatoms. The molecular weight excluding hydrogens is 290 g/mol. The highest BCUT2D eigenvalue weighted by Crippen LogP contribution is 2.26. The van der Waals surface area contributed by atoms with Gasteiger partial charge in [0, 0.05) is 18.3 Å². The van der Waals surface area contributed by atoms with Crippen LogP contribution in [0.15, 0.2) is 22.7 Å². The zero-order valence-corrected chi connectivity index (χ0v) is 11.5. The highest BCUT2D eigenvalue weighted by atomic mass is 32.2. The van der Waals surface area contributed by atoms with Crippen LogP contribution < -0.4 is 4.72 Å². The first-order valence-corrected chi connectivity index (χ1v) is 7.57. The molecule has 2 heterocycles. The monoisotopic (exact) mass is 301 g/mol. The van der Waals surface area contributed by atoms with Gasteiger partial charge < -0.3 is 5.11 Å². The van der Waals surface area contributed by atoms with Gasteiger partial charge in [-0.15, -0.1) is 11.3 Å². The second kappa shape index (κ2) is 5.11. The molecule has 2 rings (SSSR count). The molecule has 3 N–H and O–H groups in total. The number of aryl methyl sites for hydroxylation is 1. The average molecular weight is 301 g/mol. The molecule has 0 aliphatic heterocycles. The molecule has 2 aromatic heterocycles. The molecule has 0 atom stereocenters. The van der Waals surface area contributed by atoms with Crippen LogP contribution in [0.2, 0.25) is 0 Å². The van der Waals surface area contributed by atoms with Crippen molar-refractivity contribution in [1.82, 2.24) is 14.9 Å². The van der Waals surface area contributed by atoms with Crippen molar-refractivity contribution in [3.63, 3.8) is 0 Å². The molecule has 2 aromatic rings. The number of rotatable bonds is 5. The fraction of sp³-hybridized carbons (Fsp3) is 0.200. The number of nitrogens with zero attached hydrogens (tertiary/aromatic N) is 1. The molecule has 0 aliphatic rings. The van der Waals surface area contributed by atoms with Gasteiger partial charge in [0.05, 0.1) is 6.20 Å². The first kappa shape index (κ1) is 13.7. The van der Waals surface area contributed by atoms with E-state index in [0.29, 0.717) is 11.1 Å². The SMILES string of the molecule is Cc1csc(C(=O)O)c1S(=O)(=O)NCc1cn[nH]c1. The Bertz CT molecular complexity index is 688. The Morgan fingerprint density at radius 3 is 2.89 bits per heavy atom. The smallest absolute Gasteiger partial charge is 0.347 e. The van der Waals surface area contributed by atoms with E-state index in [9.17, 15) is 13.2 Å². The largest absolute Gasteiger partial charge is 0.477 e. The molecule has 7 nitrogen and oxygen atoms in total. The lowest BCUT2D eigenvalue weighted by Gasteiger charge is -2.06. The normalized spacial score (nSPS) is 11.6. The summed E-state index contributed by atoms with van der Waals surface area (Å²) in [5, 5.41) is 16.8. The number of aromatic amines is 1. The molecule has 0 spiro atoms. The predicted octanol–water partition coefficient (Wildman–Crippen LogP) is 0.956. The Labute approximate surface area is 113 Å². The molecule has 0 saturated heterocycles. The first-order valence-electron chi connectivity index (χ1n) is 5.20. The zero-order valence-electron chi connectivity index (χ0n) is 9.87. The lowest BCUT2D eigenvalue weighted by atomic mass is 10.3. The van der Waals surface area contributed by atoms with Crippen LogP contribution in [0.5, 0.6) is 0 Å². The van der Waals surface area contributed by atoms with Crippen molar-refractivity contribution in [2.45, 2.75) is 18.4 Å². The summed E-state index contributed by atoms with van der Waals surface area (Å²) in [4.78, 5) is 10.7. The summed E-state index contributed by atoms with van der Waals surface area (Å²) in [7, 11) is -3.86. The van der Waals surface area contributed by atoms with E-state index in [0.717, 1.165) is 11.3 Å². The molecule has 0 aliphatic carbocycles. The Kier molecular flexibility index (Phi) is 3.69. The maximum atomic E-state index is 12.1. The number of carboxylic acid groups (broad SMARTS) is 1. The van der Waals surface area contributed by atoms with Crippen LogP contribution in [-0.4, -0.2) is 29.7 Å². The van der Waals surface area contributed by atoms with Crippen molar-refractivity contribution in [2.75, 3.05) is 0 Å². The topological polar surface area (TPSA) is 112 Å². The summed E-state index contributed by atoms with van der Waals surface area (Å²) in [5.74, 6) is -1.25. The molecule has 102 valence electrons. The molecule has 0 unspecified atom stereocenters. The van der Waals surface area contributed by atoms with E-state index in [1.165, 1.54) is 11.6 Å². The fourth-order valence-corrected chi connectivity index (χ4v) is 4.18. The summed E-state index contributed by atoms with van der Waals surface area (Å²) < 4.78 is 26.6. The number of carboxylic acids is 1. The van der Waals surface area contributed by atoms with E-state index in [1.54, 1.807) is 13.1 Å². The van der Waals surface area contributed by atoms with Crippen LogP contribution in [0.4, 0.5) is 0 Å². The number of H-pyrrole nitrogens is 1. The fourth-order valence-electron chi connectivity index (χ4n) is 1.54. The Hall–Kier alpha value is -1.71. The average Bonchev–Trinajstić information content (AvgIpc) is 2.95. The van der Waals surface area contributed by atoms with Gasteiger partial charge in [-0.3, -0.25) is 5.10 Å². The molecular formula is C10H11N3O4S2. The summed E-state index contributed by atoms with van der Waals surface area (Å²) in [6.45, 7) is 1.61. The van der Waals surface area contributed by atoms with Crippen LogP contribution in [-0.2, 0) is 16.6 Å². The lowest BCUT2D eigenvalue weighted by molar-refractivity contribution is 0.0698. The van der Waals surface area contributed by atoms with Gasteiger partial charge in [0.1, 0.15) is 9.77 Å². The van der Waals surface area contributed by atoms with Crippen LogP contribution >= 0.6 is 11.3 Å². The summed E-state index contributed by atoms with van der Waals surface area (Å²) in [6.07, 6.45) is 3.04. The van der Waals surface area contributed by atoms with Gasteiger partial charge in [0.25, 0.3) is 0 Å². The molecule has 0 fully saturated rings. The van der Waals surface area contributed by atoms with Gasteiger partial charge in [-0.05, 0) is 17.9 Å². The standard InChI is InChI=1S/C10H11N3O4S2/c1-6-5-18-8(10(14)15)9(6)19(16,17)13-4-7-2-11-12-3-7/h2-3,5,13H,4H2,1H3,(H,11,12)(H,14,15). The molecule has 0 saturated carbocycles. The number of aromatic carboxylic acids is 1. The van der Waals surface area contributed by atoms with Crippen LogP contribution in [0.1, 0.15) is 20.8 Å². The lowest BCUT2D eigenvalue weighted by Crippen LogP contribution is -2.24. The highest BCUT2D eigenvalue weighted by Gasteiger charge is 2.26. The van der Waals surface area contributed by atoms with Gasteiger partial charge in [0.2, 0.25) is 10.0 Å². The summed E-state index contributed by atoms with van der Waals surface area (Å²) in [5.41, 5.74) is 1.08. The zero-order chi connectivity index (χ0) is 14.0. The number of carbonyl (C=O) groups is 1. The third-order valence-electron chi connectivity index (χ3n) is 2.40. The van der Waals surface area contributed by atoms with E-state index in [-0.39, 0.29) is 16.3 Å². The van der Waals surface area contributed by atoms with Crippen molar-refractivity contribution in [3.05, 3.63) is 33.8 Å². The molecule has 0 radical (unpaired) electrons. The second-order valence-electron chi connectivity index (χ2n) is 3.81. The Morgan fingerprint density at radius 1 is 1.58 bits per heavy atom. The molecule has 0 aromatic carbocycles. The van der Waals surface area contributed by atoms with Crippen molar-refractivity contribution in [3.8, 4) is 0 Å². The minimum atomic E-state index is -3.86. The highest BCUT2D eigenvalue weighted by molar-refractivity contribution is 7.89. The molecule has 0 bridgehead atoms. The maximum absolute atomic E-state index is 12.1. The van der Waals surface area contributed by atoms with Crippen LogP contribution in [0.25, 0.3) is 0 Å². The van der Waals surface area contributed by atoms with Crippen molar-refractivity contribution < 1.29 is 18.3 Å². The van der Waals surface area contributed by atoms with Crippen molar-refractivity contribution >= 4 is 27.3 Å². The van der Waals surface area contributed by atoms with Crippen LogP contribution in [0, 0.1) is 6.92 Å². The van der Waals surface area contributed by atoms with Gasteiger partial charge in [-0.2, -0.15) is 5.10 Å². The Morgan fingerprint density at radius 2 is 2.32 bits per heavy atom. The summed E-state index contributed by atoms with van der Waals surface area (Å²) in [6, 6.07) is 0. The molecule has 0 amide bonds. The van der Waals surface area contributed by atoms with Crippen LogP contribution in [0.3, 0.4) is 0 Å². The number of thiophene rings is 1. The van der Waals surface area contributed by atoms with E-state index < -0.39 is 16.0 Å². The van der Waals surface area contributed by atoms with Gasteiger partial charge in [-0.25, -0.2) is 17.9 Å². The second-order valence-corrected chi connectivity index (χ2v) is 6.40. The minimum Gasteiger partial charge on any atom is -0.477 e. The van der Waals surface area contributed by atoms with E-state index >= 15 is 0 Å². The minimum absolute atomic E-state index is 0.0488. The summed E-state index contributed by atoms with van der Waals surface area (Å²) >= 11 is 0.897. The van der Waals surface area contributed by atoms with E-state index in [2.05, 4.69) is 14.9 Å². The predicted molar refractivity (Wildman–Crippen MR) is 68.6 cm³/mol. The van der Waals surface area contributed by atoms with Gasteiger partial charge in [-0.1, -0.05) is 0 Å². The van der Waals surface area contributed by atoms with Gasteiger partial charge >= 0.3 is 5.97 Å². The van der Waals surface area contributed by atoms with E-state index in [1.807, 2.05) is 0 Å². The number of aromatic nitrogens is 2. The Balaban J connectivity index is 2.29. The molecule has 19 heavy (non-hydrogen) atoms. The third-order valence-corrected chi connectivity index (χ3v) is 5.21.